The Hall–Kier alpha value is -1.28. The zero-order valence-electron chi connectivity index (χ0n) is 14.1. The Morgan fingerprint density at radius 3 is 1.76 bits per heavy atom. The molecule has 0 aliphatic heterocycles. The molecule has 148 valence electrons. The highest BCUT2D eigenvalue weighted by Crippen LogP contribution is 2.01. The van der Waals surface area contributed by atoms with Crippen LogP contribution >= 0.6 is 0 Å². The van der Waals surface area contributed by atoms with Crippen molar-refractivity contribution in [2.45, 2.75) is 25.3 Å². The molecule has 0 aliphatic rings. The summed E-state index contributed by atoms with van der Waals surface area (Å²) >= 11 is 0. The van der Waals surface area contributed by atoms with Gasteiger partial charge < -0.3 is 10.6 Å². The van der Waals surface area contributed by atoms with Crippen LogP contribution in [0.3, 0.4) is 0 Å². The SMILES string of the molecule is CN(C)[C@@H](CC(=O)NCCCS(=O)(=O)O)C(=O)NCCCS(=O)(=O)O. The molecular weight excluding hydrogens is 378 g/mol. The topological polar surface area (TPSA) is 170 Å². The Balaban J connectivity index is 4.30. The zero-order valence-corrected chi connectivity index (χ0v) is 15.8. The fourth-order valence-corrected chi connectivity index (χ4v) is 2.84. The van der Waals surface area contributed by atoms with Crippen molar-refractivity contribution in [1.29, 1.82) is 0 Å². The lowest BCUT2D eigenvalue weighted by Crippen LogP contribution is -2.46. The van der Waals surface area contributed by atoms with Crippen LogP contribution in [-0.4, -0.2) is 87.4 Å². The van der Waals surface area contributed by atoms with Gasteiger partial charge in [-0.3, -0.25) is 23.6 Å². The summed E-state index contributed by atoms with van der Waals surface area (Å²) in [5, 5.41) is 4.93. The van der Waals surface area contributed by atoms with Gasteiger partial charge in [-0.1, -0.05) is 0 Å². The number of amides is 2. The maximum atomic E-state index is 12.0. The maximum absolute atomic E-state index is 12.0. The number of carbonyl (C=O) groups excluding carboxylic acids is 2. The van der Waals surface area contributed by atoms with Crippen LogP contribution in [0.25, 0.3) is 0 Å². The predicted molar refractivity (Wildman–Crippen MR) is 90.2 cm³/mol. The number of hydrogen-bond acceptors (Lipinski definition) is 7. The van der Waals surface area contributed by atoms with Gasteiger partial charge in [-0.15, -0.1) is 0 Å². The number of rotatable bonds is 12. The molecule has 0 saturated carbocycles. The van der Waals surface area contributed by atoms with E-state index in [-0.39, 0.29) is 32.4 Å². The van der Waals surface area contributed by atoms with E-state index in [9.17, 15) is 26.4 Å². The Kier molecular flexibility index (Phi) is 10.1. The Morgan fingerprint density at radius 2 is 1.36 bits per heavy atom. The van der Waals surface area contributed by atoms with Gasteiger partial charge in [0.25, 0.3) is 20.2 Å². The summed E-state index contributed by atoms with van der Waals surface area (Å²) in [6, 6.07) is -0.799. The molecule has 0 spiro atoms. The Morgan fingerprint density at radius 1 is 0.920 bits per heavy atom. The Labute approximate surface area is 147 Å². The van der Waals surface area contributed by atoms with Crippen LogP contribution in [0.1, 0.15) is 19.3 Å². The van der Waals surface area contributed by atoms with E-state index in [1.165, 1.54) is 4.90 Å². The van der Waals surface area contributed by atoms with Crippen LogP contribution in [0.4, 0.5) is 0 Å². The fraction of sp³-hybridized carbons (Fsp3) is 0.833. The highest BCUT2D eigenvalue weighted by atomic mass is 32.2. The number of nitrogens with one attached hydrogen (secondary N) is 2. The second kappa shape index (κ2) is 10.7. The molecule has 2 amide bonds. The van der Waals surface area contributed by atoms with Crippen LogP contribution in [0, 0.1) is 0 Å². The summed E-state index contributed by atoms with van der Waals surface area (Å²) in [5.41, 5.74) is 0. The lowest BCUT2D eigenvalue weighted by molar-refractivity contribution is -0.130. The minimum atomic E-state index is -4.09. The molecule has 13 heteroatoms. The molecule has 0 heterocycles. The van der Waals surface area contributed by atoms with Crippen molar-refractivity contribution in [3.8, 4) is 0 Å². The highest BCUT2D eigenvalue weighted by molar-refractivity contribution is 7.86. The smallest absolute Gasteiger partial charge is 0.264 e. The molecule has 0 fully saturated rings. The molecule has 0 aromatic carbocycles. The summed E-state index contributed by atoms with van der Waals surface area (Å²) in [4.78, 5) is 25.4. The molecule has 0 radical (unpaired) electrons. The standard InChI is InChI=1S/C12H25N3O8S2/c1-15(2)10(12(17)14-6-4-8-25(21,22)23)9-11(16)13-5-3-7-24(18,19)20/h10H,3-9H2,1-2H3,(H,13,16)(H,14,17)(H,18,19,20)(H,21,22,23)/t10-/m0/s1. The van der Waals surface area contributed by atoms with E-state index >= 15 is 0 Å². The summed E-state index contributed by atoms with van der Waals surface area (Å²) < 4.78 is 59.4. The van der Waals surface area contributed by atoms with Crippen LogP contribution in [0.15, 0.2) is 0 Å². The van der Waals surface area contributed by atoms with E-state index in [0.717, 1.165) is 0 Å². The third-order valence-electron chi connectivity index (χ3n) is 3.08. The van der Waals surface area contributed by atoms with Crippen molar-refractivity contribution >= 4 is 32.1 Å². The first-order valence-electron chi connectivity index (χ1n) is 7.43. The van der Waals surface area contributed by atoms with Gasteiger partial charge in [-0.2, -0.15) is 16.8 Å². The Bertz CT molecular complexity index is 645. The average molecular weight is 403 g/mol. The molecule has 4 N–H and O–H groups in total. The van der Waals surface area contributed by atoms with Crippen molar-refractivity contribution in [2.24, 2.45) is 0 Å². The van der Waals surface area contributed by atoms with Gasteiger partial charge in [-0.05, 0) is 26.9 Å². The van der Waals surface area contributed by atoms with Gasteiger partial charge in [0.05, 0.1) is 24.0 Å². The molecule has 0 aromatic rings. The molecule has 25 heavy (non-hydrogen) atoms. The van der Waals surface area contributed by atoms with E-state index in [1.54, 1.807) is 14.1 Å². The maximum Gasteiger partial charge on any atom is 0.264 e. The first-order chi connectivity index (χ1) is 11.3. The third kappa shape index (κ3) is 13.7. The predicted octanol–water partition coefficient (Wildman–Crippen LogP) is -1.91. The van der Waals surface area contributed by atoms with E-state index in [2.05, 4.69) is 10.6 Å². The molecule has 0 saturated heterocycles. The molecule has 0 aliphatic carbocycles. The van der Waals surface area contributed by atoms with Crippen molar-refractivity contribution in [3.05, 3.63) is 0 Å². The van der Waals surface area contributed by atoms with Crippen molar-refractivity contribution < 1.29 is 35.5 Å². The quantitative estimate of drug-likeness (QED) is 0.214. The van der Waals surface area contributed by atoms with E-state index < -0.39 is 49.6 Å². The molecule has 11 nitrogen and oxygen atoms in total. The van der Waals surface area contributed by atoms with Gasteiger partial charge in [0, 0.05) is 13.1 Å². The number of hydrogen-bond donors (Lipinski definition) is 4. The van der Waals surface area contributed by atoms with Gasteiger partial charge in [0.2, 0.25) is 11.8 Å². The van der Waals surface area contributed by atoms with Crippen LogP contribution in [-0.2, 0) is 29.8 Å². The lowest BCUT2D eigenvalue weighted by Gasteiger charge is -2.23. The zero-order chi connectivity index (χ0) is 19.7. The first kappa shape index (κ1) is 23.7. The van der Waals surface area contributed by atoms with Gasteiger partial charge >= 0.3 is 0 Å². The monoisotopic (exact) mass is 403 g/mol. The molecule has 0 aromatic heterocycles. The van der Waals surface area contributed by atoms with E-state index in [1.807, 2.05) is 0 Å². The van der Waals surface area contributed by atoms with Crippen molar-refractivity contribution in [2.75, 3.05) is 38.7 Å². The van der Waals surface area contributed by atoms with E-state index in [0.29, 0.717) is 0 Å². The number of likely N-dealkylation sites (N-methyl/N-ethyl adjacent to an activating group) is 1. The lowest BCUT2D eigenvalue weighted by atomic mass is 10.1. The second-order valence-electron chi connectivity index (χ2n) is 5.60. The van der Waals surface area contributed by atoms with Crippen LogP contribution < -0.4 is 10.6 Å². The highest BCUT2D eigenvalue weighted by Gasteiger charge is 2.23. The number of carbonyl (C=O) groups is 2. The van der Waals surface area contributed by atoms with E-state index in [4.69, 9.17) is 9.11 Å². The summed E-state index contributed by atoms with van der Waals surface area (Å²) in [6.07, 6.45) is -0.103. The normalized spacial score (nSPS) is 13.5. The molecule has 0 bridgehead atoms. The first-order valence-corrected chi connectivity index (χ1v) is 10.6. The fourth-order valence-electron chi connectivity index (χ4n) is 1.82. The average Bonchev–Trinajstić information content (AvgIpc) is 2.43. The van der Waals surface area contributed by atoms with Crippen molar-refractivity contribution in [1.82, 2.24) is 15.5 Å². The van der Waals surface area contributed by atoms with Crippen LogP contribution in [0.5, 0.6) is 0 Å². The largest absolute Gasteiger partial charge is 0.356 e. The second-order valence-corrected chi connectivity index (χ2v) is 8.75. The molecule has 1 atom stereocenters. The summed E-state index contributed by atoms with van der Waals surface area (Å²) in [6.45, 7) is 0.0632. The van der Waals surface area contributed by atoms with Gasteiger partial charge in [0.1, 0.15) is 0 Å². The summed E-state index contributed by atoms with van der Waals surface area (Å²) in [5.74, 6) is -1.90. The minimum absolute atomic E-state index is 0.0267. The molecular formula is C12H25N3O8S2. The van der Waals surface area contributed by atoms with Crippen LogP contribution in [0.2, 0.25) is 0 Å². The van der Waals surface area contributed by atoms with Gasteiger partial charge in [-0.25, -0.2) is 0 Å². The van der Waals surface area contributed by atoms with Crippen molar-refractivity contribution in [3.63, 3.8) is 0 Å². The molecule has 0 rings (SSSR count). The minimum Gasteiger partial charge on any atom is -0.356 e. The summed E-state index contributed by atoms with van der Waals surface area (Å²) in [7, 11) is -4.98. The number of nitrogens with zero attached hydrogens (tertiary/aromatic N) is 1. The molecule has 0 unspecified atom stereocenters. The van der Waals surface area contributed by atoms with Gasteiger partial charge in [0.15, 0.2) is 0 Å². The third-order valence-corrected chi connectivity index (χ3v) is 4.69.